The van der Waals surface area contributed by atoms with Gasteiger partial charge >= 0.3 is 0 Å². The molecule has 0 spiro atoms. The van der Waals surface area contributed by atoms with Crippen molar-refractivity contribution in [3.63, 3.8) is 0 Å². The van der Waals surface area contributed by atoms with E-state index in [4.69, 9.17) is 19.5 Å². The molecule has 4 heteroatoms. The molecule has 0 aromatic rings. The summed E-state index contributed by atoms with van der Waals surface area (Å²) in [6, 6.07) is 1.95. The van der Waals surface area contributed by atoms with Crippen molar-refractivity contribution in [3.05, 3.63) is 0 Å². The lowest BCUT2D eigenvalue weighted by molar-refractivity contribution is -0.111. The zero-order valence-electron chi connectivity index (χ0n) is 9.82. The number of rotatable bonds is 9. The van der Waals surface area contributed by atoms with Crippen LogP contribution in [0, 0.1) is 11.3 Å². The Morgan fingerprint density at radius 1 is 1.19 bits per heavy atom. The maximum Gasteiger partial charge on any atom is 0.157 e. The highest BCUT2D eigenvalue weighted by Gasteiger charge is 2.14. The van der Waals surface area contributed by atoms with E-state index in [1.807, 2.05) is 6.07 Å². The molecule has 0 aliphatic carbocycles. The quantitative estimate of drug-likeness (QED) is 0.567. The van der Waals surface area contributed by atoms with Gasteiger partial charge in [0.15, 0.2) is 6.29 Å². The zero-order chi connectivity index (χ0) is 11.5. The lowest BCUT2D eigenvalue weighted by atomic mass is 10.2. The maximum absolute atomic E-state index is 8.24. The van der Waals surface area contributed by atoms with Crippen LogP contribution in [0.5, 0.6) is 0 Å². The van der Waals surface area contributed by atoms with E-state index in [9.17, 15) is 0 Å². The second-order valence-electron chi connectivity index (χ2n) is 3.94. The SMILES string of the molecule is N#CCOCCCCCCOC1CCCO1. The van der Waals surface area contributed by atoms with Crippen molar-refractivity contribution >= 4 is 0 Å². The predicted molar refractivity (Wildman–Crippen MR) is 59.8 cm³/mol. The average molecular weight is 227 g/mol. The Kier molecular flexibility index (Phi) is 8.05. The first-order valence-corrected chi connectivity index (χ1v) is 6.11. The summed E-state index contributed by atoms with van der Waals surface area (Å²) >= 11 is 0. The lowest BCUT2D eigenvalue weighted by Crippen LogP contribution is -2.11. The van der Waals surface area contributed by atoms with Gasteiger partial charge in [0.05, 0.1) is 6.07 Å². The minimum Gasteiger partial charge on any atom is -0.367 e. The van der Waals surface area contributed by atoms with Gasteiger partial charge in [-0.25, -0.2) is 0 Å². The molecular formula is C12H21NO3. The monoisotopic (exact) mass is 227 g/mol. The van der Waals surface area contributed by atoms with Gasteiger partial charge in [-0.2, -0.15) is 5.26 Å². The molecule has 0 aromatic heterocycles. The third kappa shape index (κ3) is 6.78. The molecule has 1 unspecified atom stereocenters. The van der Waals surface area contributed by atoms with Gasteiger partial charge in [0.2, 0.25) is 0 Å². The molecule has 92 valence electrons. The average Bonchev–Trinajstić information content (AvgIpc) is 2.80. The second kappa shape index (κ2) is 9.59. The van der Waals surface area contributed by atoms with Crippen LogP contribution >= 0.6 is 0 Å². The number of hydrogen-bond donors (Lipinski definition) is 0. The van der Waals surface area contributed by atoms with Gasteiger partial charge in [-0.3, -0.25) is 0 Å². The summed E-state index contributed by atoms with van der Waals surface area (Å²) < 4.78 is 16.0. The van der Waals surface area contributed by atoms with Crippen molar-refractivity contribution in [2.45, 2.75) is 44.8 Å². The van der Waals surface area contributed by atoms with Crippen LogP contribution < -0.4 is 0 Å². The van der Waals surface area contributed by atoms with Crippen LogP contribution in [0.3, 0.4) is 0 Å². The van der Waals surface area contributed by atoms with Crippen molar-refractivity contribution in [2.24, 2.45) is 0 Å². The van der Waals surface area contributed by atoms with E-state index >= 15 is 0 Å². The van der Waals surface area contributed by atoms with Gasteiger partial charge in [-0.15, -0.1) is 0 Å². The van der Waals surface area contributed by atoms with E-state index in [1.54, 1.807) is 0 Å². The Labute approximate surface area is 97.5 Å². The fourth-order valence-electron chi connectivity index (χ4n) is 1.67. The smallest absolute Gasteiger partial charge is 0.157 e. The summed E-state index contributed by atoms with van der Waals surface area (Å²) in [4.78, 5) is 0. The van der Waals surface area contributed by atoms with Gasteiger partial charge in [-0.05, 0) is 19.3 Å². The highest BCUT2D eigenvalue weighted by atomic mass is 16.7. The minimum atomic E-state index is 0.0546. The molecule has 0 aromatic carbocycles. The third-order valence-electron chi connectivity index (χ3n) is 2.54. The predicted octanol–water partition coefficient (Wildman–Crippen LogP) is 2.24. The van der Waals surface area contributed by atoms with Gasteiger partial charge in [0.25, 0.3) is 0 Å². The first-order chi connectivity index (χ1) is 7.93. The summed E-state index contributed by atoms with van der Waals surface area (Å²) in [5, 5.41) is 8.24. The fraction of sp³-hybridized carbons (Fsp3) is 0.917. The summed E-state index contributed by atoms with van der Waals surface area (Å²) in [7, 11) is 0. The topological polar surface area (TPSA) is 51.5 Å². The molecule has 1 aliphatic rings. The Morgan fingerprint density at radius 2 is 2.00 bits per heavy atom. The molecule has 1 fully saturated rings. The summed E-state index contributed by atoms with van der Waals surface area (Å²) in [6.07, 6.45) is 6.63. The Balaban J connectivity index is 1.73. The van der Waals surface area contributed by atoms with Crippen LogP contribution in [-0.4, -0.2) is 32.7 Å². The van der Waals surface area contributed by atoms with Gasteiger partial charge in [0.1, 0.15) is 6.61 Å². The number of unbranched alkanes of at least 4 members (excludes halogenated alkanes) is 3. The first-order valence-electron chi connectivity index (χ1n) is 6.11. The molecule has 1 rings (SSSR count). The van der Waals surface area contributed by atoms with Crippen LogP contribution in [-0.2, 0) is 14.2 Å². The molecule has 1 saturated heterocycles. The second-order valence-corrected chi connectivity index (χ2v) is 3.94. The Hall–Kier alpha value is -0.630. The summed E-state index contributed by atoms with van der Waals surface area (Å²) in [5.41, 5.74) is 0. The van der Waals surface area contributed by atoms with E-state index in [1.165, 1.54) is 0 Å². The van der Waals surface area contributed by atoms with Crippen molar-refractivity contribution in [1.29, 1.82) is 5.26 Å². The minimum absolute atomic E-state index is 0.0546. The molecule has 1 heterocycles. The van der Waals surface area contributed by atoms with E-state index in [2.05, 4.69) is 0 Å². The molecule has 0 amide bonds. The molecule has 16 heavy (non-hydrogen) atoms. The molecule has 0 bridgehead atoms. The molecule has 4 nitrogen and oxygen atoms in total. The van der Waals surface area contributed by atoms with E-state index < -0.39 is 0 Å². The molecule has 0 radical (unpaired) electrons. The molecule has 1 aliphatic heterocycles. The Morgan fingerprint density at radius 3 is 2.69 bits per heavy atom. The molecule has 0 N–H and O–H groups in total. The van der Waals surface area contributed by atoms with E-state index in [0.29, 0.717) is 6.61 Å². The summed E-state index contributed by atoms with van der Waals surface area (Å²) in [6.45, 7) is 2.55. The van der Waals surface area contributed by atoms with Crippen LogP contribution in [0.25, 0.3) is 0 Å². The third-order valence-corrected chi connectivity index (χ3v) is 2.54. The molecule has 0 saturated carbocycles. The first kappa shape index (κ1) is 13.4. The van der Waals surface area contributed by atoms with Crippen LogP contribution in [0.15, 0.2) is 0 Å². The van der Waals surface area contributed by atoms with Crippen LogP contribution in [0.1, 0.15) is 38.5 Å². The standard InChI is InChI=1S/C12H21NO3/c13-7-11-14-8-3-1-2-4-9-15-12-6-5-10-16-12/h12H,1-6,8-11H2. The van der Waals surface area contributed by atoms with Crippen molar-refractivity contribution in [3.8, 4) is 6.07 Å². The van der Waals surface area contributed by atoms with E-state index in [-0.39, 0.29) is 12.9 Å². The van der Waals surface area contributed by atoms with Gasteiger partial charge < -0.3 is 14.2 Å². The highest BCUT2D eigenvalue weighted by molar-refractivity contribution is 4.66. The highest BCUT2D eigenvalue weighted by Crippen LogP contribution is 2.13. The van der Waals surface area contributed by atoms with Gasteiger partial charge in [-0.1, -0.05) is 12.8 Å². The van der Waals surface area contributed by atoms with Crippen LogP contribution in [0.2, 0.25) is 0 Å². The number of nitriles is 1. The molecular weight excluding hydrogens is 206 g/mol. The van der Waals surface area contributed by atoms with Crippen molar-refractivity contribution < 1.29 is 14.2 Å². The zero-order valence-corrected chi connectivity index (χ0v) is 9.82. The normalized spacial score (nSPS) is 19.8. The largest absolute Gasteiger partial charge is 0.367 e. The summed E-state index contributed by atoms with van der Waals surface area (Å²) in [5.74, 6) is 0. The van der Waals surface area contributed by atoms with Gasteiger partial charge in [0, 0.05) is 26.2 Å². The number of hydrogen-bond acceptors (Lipinski definition) is 4. The van der Waals surface area contributed by atoms with Crippen molar-refractivity contribution in [1.82, 2.24) is 0 Å². The fourth-order valence-corrected chi connectivity index (χ4v) is 1.67. The van der Waals surface area contributed by atoms with Crippen LogP contribution in [0.4, 0.5) is 0 Å². The lowest BCUT2D eigenvalue weighted by Gasteiger charge is -2.10. The van der Waals surface area contributed by atoms with E-state index in [0.717, 1.165) is 51.7 Å². The molecule has 1 atom stereocenters. The maximum atomic E-state index is 8.24. The van der Waals surface area contributed by atoms with Crippen molar-refractivity contribution in [2.75, 3.05) is 26.4 Å². The Bertz CT molecular complexity index is 197. The number of nitrogens with zero attached hydrogens (tertiary/aromatic N) is 1. The number of ether oxygens (including phenoxy) is 3.